The Bertz CT molecular complexity index is 278. The normalized spacial score (nSPS) is 45.1. The third-order valence-corrected chi connectivity index (χ3v) is 3.17. The monoisotopic (exact) mass is 201 g/mol. The van der Waals surface area contributed by atoms with Gasteiger partial charge < -0.3 is 9.47 Å². The van der Waals surface area contributed by atoms with E-state index in [1.807, 2.05) is 13.8 Å². The Morgan fingerprint density at radius 2 is 2.07 bits per heavy atom. The second-order valence-corrected chi connectivity index (χ2v) is 4.79. The van der Waals surface area contributed by atoms with Crippen molar-refractivity contribution in [1.29, 1.82) is 0 Å². The number of ether oxygens (including phenoxy) is 2. The summed E-state index contributed by atoms with van der Waals surface area (Å²) in [6.07, 6.45) is 0.491. The fraction of sp³-hybridized carbons (Fsp3) is 1.00. The number of nitro groups is 1. The van der Waals surface area contributed by atoms with Crippen molar-refractivity contribution in [3.05, 3.63) is 10.1 Å². The van der Waals surface area contributed by atoms with E-state index in [0.717, 1.165) is 0 Å². The second-order valence-electron chi connectivity index (χ2n) is 4.79. The molecule has 0 aromatic carbocycles. The van der Waals surface area contributed by atoms with Crippen molar-refractivity contribution in [2.75, 3.05) is 6.61 Å². The first kappa shape index (κ1) is 9.86. The molecule has 1 saturated carbocycles. The van der Waals surface area contributed by atoms with Gasteiger partial charge in [-0.05, 0) is 13.8 Å². The Kier molecular flexibility index (Phi) is 1.88. The van der Waals surface area contributed by atoms with E-state index >= 15 is 0 Å². The quantitative estimate of drug-likeness (QED) is 0.497. The molecule has 3 atom stereocenters. The molecule has 5 heteroatoms. The summed E-state index contributed by atoms with van der Waals surface area (Å²) in [5, 5.41) is 10.7. The maximum atomic E-state index is 10.7. The van der Waals surface area contributed by atoms with Crippen LogP contribution in [0.5, 0.6) is 0 Å². The molecule has 1 heterocycles. The zero-order valence-corrected chi connectivity index (χ0v) is 8.65. The maximum Gasteiger partial charge on any atom is 0.225 e. The first-order chi connectivity index (χ1) is 6.35. The second kappa shape index (κ2) is 2.67. The van der Waals surface area contributed by atoms with Crippen LogP contribution in [0.1, 0.15) is 27.2 Å². The first-order valence-electron chi connectivity index (χ1n) is 4.81. The predicted octanol–water partition coefficient (Wildman–Crippen LogP) is 1.19. The lowest BCUT2D eigenvalue weighted by atomic mass is 10.1. The van der Waals surface area contributed by atoms with E-state index in [2.05, 4.69) is 0 Å². The van der Waals surface area contributed by atoms with E-state index in [1.165, 1.54) is 0 Å². The van der Waals surface area contributed by atoms with Crippen LogP contribution in [0, 0.1) is 16.0 Å². The Balaban J connectivity index is 1.98. The highest BCUT2D eigenvalue weighted by atomic mass is 16.7. The Morgan fingerprint density at radius 1 is 1.43 bits per heavy atom. The molecule has 1 aliphatic heterocycles. The molecule has 1 saturated heterocycles. The van der Waals surface area contributed by atoms with Crippen LogP contribution < -0.4 is 0 Å². The van der Waals surface area contributed by atoms with Crippen molar-refractivity contribution in [2.24, 2.45) is 5.92 Å². The third kappa shape index (κ3) is 1.40. The molecule has 2 aliphatic rings. The molecule has 5 nitrogen and oxygen atoms in total. The Hall–Kier alpha value is -0.680. The SMILES string of the molecule is CC1(C)OC[C@H]([C@H]2C[C@@]2(C)[N+](=O)[O-])O1. The van der Waals surface area contributed by atoms with Gasteiger partial charge in [0.2, 0.25) is 5.54 Å². The number of hydrogen-bond acceptors (Lipinski definition) is 4. The lowest BCUT2D eigenvalue weighted by Crippen LogP contribution is -2.28. The van der Waals surface area contributed by atoms with Crippen LogP contribution >= 0.6 is 0 Å². The van der Waals surface area contributed by atoms with Gasteiger partial charge in [-0.1, -0.05) is 0 Å². The van der Waals surface area contributed by atoms with Crippen LogP contribution in [-0.4, -0.2) is 29.0 Å². The summed E-state index contributed by atoms with van der Waals surface area (Å²) in [6, 6.07) is 0. The van der Waals surface area contributed by atoms with E-state index in [0.29, 0.717) is 13.0 Å². The van der Waals surface area contributed by atoms with Crippen LogP contribution in [-0.2, 0) is 9.47 Å². The minimum atomic E-state index is -0.783. The summed E-state index contributed by atoms with van der Waals surface area (Å²) in [7, 11) is 0. The molecule has 2 fully saturated rings. The zero-order chi connectivity index (χ0) is 10.6. The molecule has 0 bridgehead atoms. The van der Waals surface area contributed by atoms with Gasteiger partial charge in [0, 0.05) is 18.3 Å². The topological polar surface area (TPSA) is 61.6 Å². The van der Waals surface area contributed by atoms with Crippen molar-refractivity contribution >= 4 is 0 Å². The van der Waals surface area contributed by atoms with Crippen molar-refractivity contribution in [3.63, 3.8) is 0 Å². The number of hydrogen-bond donors (Lipinski definition) is 0. The largest absolute Gasteiger partial charge is 0.348 e. The Labute approximate surface area is 82.5 Å². The smallest absolute Gasteiger partial charge is 0.225 e. The van der Waals surface area contributed by atoms with E-state index in [4.69, 9.17) is 9.47 Å². The van der Waals surface area contributed by atoms with Gasteiger partial charge in [-0.15, -0.1) is 0 Å². The fourth-order valence-corrected chi connectivity index (χ4v) is 2.04. The fourth-order valence-electron chi connectivity index (χ4n) is 2.04. The summed E-state index contributed by atoms with van der Waals surface area (Å²) in [6.45, 7) is 5.81. The molecule has 0 aromatic heterocycles. The van der Waals surface area contributed by atoms with Crippen molar-refractivity contribution in [2.45, 2.75) is 44.6 Å². The lowest BCUT2D eigenvalue weighted by molar-refractivity contribution is -0.538. The molecular weight excluding hydrogens is 186 g/mol. The van der Waals surface area contributed by atoms with Gasteiger partial charge in [-0.3, -0.25) is 10.1 Å². The van der Waals surface area contributed by atoms with Crippen LogP contribution in [0.2, 0.25) is 0 Å². The third-order valence-electron chi connectivity index (χ3n) is 3.17. The van der Waals surface area contributed by atoms with E-state index in [9.17, 15) is 10.1 Å². The van der Waals surface area contributed by atoms with E-state index in [1.54, 1.807) is 6.92 Å². The van der Waals surface area contributed by atoms with Gasteiger partial charge in [0.25, 0.3) is 0 Å². The molecule has 1 aliphatic carbocycles. The van der Waals surface area contributed by atoms with Crippen LogP contribution in [0.15, 0.2) is 0 Å². The van der Waals surface area contributed by atoms with Crippen LogP contribution in [0.4, 0.5) is 0 Å². The highest BCUT2D eigenvalue weighted by Gasteiger charge is 2.67. The molecular formula is C9H15NO4. The van der Waals surface area contributed by atoms with E-state index < -0.39 is 11.3 Å². The molecule has 2 rings (SSSR count). The van der Waals surface area contributed by atoms with Crippen molar-refractivity contribution in [3.8, 4) is 0 Å². The molecule has 14 heavy (non-hydrogen) atoms. The molecule has 80 valence electrons. The van der Waals surface area contributed by atoms with Gasteiger partial charge in [-0.2, -0.15) is 0 Å². The van der Waals surface area contributed by atoms with Gasteiger partial charge in [0.1, 0.15) is 0 Å². The van der Waals surface area contributed by atoms with Gasteiger partial charge in [0.15, 0.2) is 5.79 Å². The summed E-state index contributed by atoms with van der Waals surface area (Å²) in [4.78, 5) is 10.5. The minimum Gasteiger partial charge on any atom is -0.348 e. The first-order valence-corrected chi connectivity index (χ1v) is 4.81. The molecule has 0 aromatic rings. The number of rotatable bonds is 2. The summed E-state index contributed by atoms with van der Waals surface area (Å²) in [5.41, 5.74) is -0.783. The predicted molar refractivity (Wildman–Crippen MR) is 48.4 cm³/mol. The standard InChI is InChI=1S/C9H15NO4/c1-8(2)13-5-7(14-8)6-4-9(6,3)10(11)12/h6-7H,4-5H2,1-3H3/t6-,7-,9-/m1/s1. The van der Waals surface area contributed by atoms with Crippen molar-refractivity contribution < 1.29 is 14.4 Å². The highest BCUT2D eigenvalue weighted by molar-refractivity contribution is 5.05. The maximum absolute atomic E-state index is 10.7. The van der Waals surface area contributed by atoms with Gasteiger partial charge >= 0.3 is 0 Å². The molecule has 0 radical (unpaired) electrons. The zero-order valence-electron chi connectivity index (χ0n) is 8.65. The molecule has 0 spiro atoms. The number of nitrogens with zero attached hydrogens (tertiary/aromatic N) is 1. The molecule has 0 unspecified atom stereocenters. The Morgan fingerprint density at radius 3 is 2.43 bits per heavy atom. The summed E-state index contributed by atoms with van der Waals surface area (Å²) in [5.74, 6) is -0.565. The lowest BCUT2D eigenvalue weighted by Gasteiger charge is -2.17. The summed E-state index contributed by atoms with van der Waals surface area (Å²) < 4.78 is 11.0. The van der Waals surface area contributed by atoms with Crippen LogP contribution in [0.3, 0.4) is 0 Å². The van der Waals surface area contributed by atoms with E-state index in [-0.39, 0.29) is 16.9 Å². The highest BCUT2D eigenvalue weighted by Crippen LogP contribution is 2.51. The average Bonchev–Trinajstić information content (AvgIpc) is 2.61. The van der Waals surface area contributed by atoms with Gasteiger partial charge in [-0.25, -0.2) is 0 Å². The van der Waals surface area contributed by atoms with Crippen molar-refractivity contribution in [1.82, 2.24) is 0 Å². The molecule has 0 N–H and O–H groups in total. The molecule has 0 amide bonds. The minimum absolute atomic E-state index is 0.0132. The summed E-state index contributed by atoms with van der Waals surface area (Å²) >= 11 is 0. The van der Waals surface area contributed by atoms with Gasteiger partial charge in [0.05, 0.1) is 18.6 Å². The van der Waals surface area contributed by atoms with Crippen LogP contribution in [0.25, 0.3) is 0 Å². The average molecular weight is 201 g/mol.